The first-order chi connectivity index (χ1) is 13.2. The van der Waals surface area contributed by atoms with Gasteiger partial charge in [-0.2, -0.15) is 0 Å². The highest BCUT2D eigenvalue weighted by atomic mass is 16.5. The standard InChI is InChI=1S/C24H44O3/c1-5-6-7-8-9-10-11-12-13-14-15-20(2)22-17-16-21(18-26-3)23(19-27-4)24(22)25/h16-17,21-25H,2,5-15,18-19H2,1,3-4H3/t21-,22+,23+,24-/m1/s1. The Morgan fingerprint density at radius 2 is 1.41 bits per heavy atom. The van der Waals surface area contributed by atoms with Crippen molar-refractivity contribution < 1.29 is 14.6 Å². The number of methoxy groups -OCH3 is 2. The van der Waals surface area contributed by atoms with E-state index in [2.05, 4.69) is 25.7 Å². The summed E-state index contributed by atoms with van der Waals surface area (Å²) in [6.07, 6.45) is 18.4. The Kier molecular flexibility index (Phi) is 13.8. The first-order valence-electron chi connectivity index (χ1n) is 11.2. The fraction of sp³-hybridized carbons (Fsp3) is 0.833. The molecule has 0 saturated carbocycles. The van der Waals surface area contributed by atoms with Gasteiger partial charge in [-0.05, 0) is 12.8 Å². The van der Waals surface area contributed by atoms with E-state index in [0.29, 0.717) is 13.2 Å². The Hall–Kier alpha value is -0.640. The average Bonchev–Trinajstić information content (AvgIpc) is 2.66. The van der Waals surface area contributed by atoms with Gasteiger partial charge in [0.25, 0.3) is 0 Å². The van der Waals surface area contributed by atoms with Crippen LogP contribution < -0.4 is 0 Å². The summed E-state index contributed by atoms with van der Waals surface area (Å²) >= 11 is 0. The Morgan fingerprint density at radius 3 is 1.96 bits per heavy atom. The lowest BCUT2D eigenvalue weighted by Gasteiger charge is -2.37. The SMILES string of the molecule is C=C(CCCCCCCCCCCC)[C@@H]1C=C[C@H](COC)[C@H](COC)[C@@H]1O. The van der Waals surface area contributed by atoms with Crippen LogP contribution in [0.2, 0.25) is 0 Å². The van der Waals surface area contributed by atoms with E-state index < -0.39 is 6.10 Å². The zero-order valence-electron chi connectivity index (χ0n) is 18.1. The second kappa shape index (κ2) is 15.3. The maximum atomic E-state index is 10.8. The summed E-state index contributed by atoms with van der Waals surface area (Å²) in [6, 6.07) is 0. The molecule has 1 aliphatic carbocycles. The quantitative estimate of drug-likeness (QED) is 0.266. The van der Waals surface area contributed by atoms with Crippen LogP contribution in [-0.2, 0) is 9.47 Å². The number of rotatable bonds is 16. The van der Waals surface area contributed by atoms with Crippen molar-refractivity contribution in [2.75, 3.05) is 27.4 Å². The van der Waals surface area contributed by atoms with Crippen LogP contribution in [-0.4, -0.2) is 38.6 Å². The van der Waals surface area contributed by atoms with E-state index in [1.165, 1.54) is 64.2 Å². The first kappa shape index (κ1) is 24.4. The van der Waals surface area contributed by atoms with Gasteiger partial charge >= 0.3 is 0 Å². The van der Waals surface area contributed by atoms with Gasteiger partial charge in [-0.25, -0.2) is 0 Å². The number of unbranched alkanes of at least 4 members (excludes halogenated alkanes) is 9. The number of ether oxygens (including phenoxy) is 2. The molecule has 0 spiro atoms. The van der Waals surface area contributed by atoms with Gasteiger partial charge in [0.15, 0.2) is 0 Å². The van der Waals surface area contributed by atoms with E-state index in [4.69, 9.17) is 9.47 Å². The lowest BCUT2D eigenvalue weighted by Crippen LogP contribution is -2.40. The van der Waals surface area contributed by atoms with Crippen LogP contribution in [0.1, 0.15) is 77.6 Å². The summed E-state index contributed by atoms with van der Waals surface area (Å²) in [5, 5.41) is 10.8. The van der Waals surface area contributed by atoms with E-state index in [1.807, 2.05) is 0 Å². The lowest BCUT2D eigenvalue weighted by molar-refractivity contribution is -0.0136. The average molecular weight is 381 g/mol. The van der Waals surface area contributed by atoms with Crippen molar-refractivity contribution in [3.05, 3.63) is 24.3 Å². The molecule has 0 saturated heterocycles. The molecule has 0 radical (unpaired) electrons. The lowest BCUT2D eigenvalue weighted by atomic mass is 9.74. The molecule has 0 aromatic heterocycles. The predicted molar refractivity (Wildman–Crippen MR) is 115 cm³/mol. The van der Waals surface area contributed by atoms with Crippen LogP contribution in [0.15, 0.2) is 24.3 Å². The summed E-state index contributed by atoms with van der Waals surface area (Å²) in [5.74, 6) is 0.345. The van der Waals surface area contributed by atoms with Crippen molar-refractivity contribution in [2.45, 2.75) is 83.7 Å². The van der Waals surface area contributed by atoms with Gasteiger partial charge < -0.3 is 14.6 Å². The molecular weight excluding hydrogens is 336 g/mol. The van der Waals surface area contributed by atoms with E-state index in [1.54, 1.807) is 14.2 Å². The third kappa shape index (κ3) is 9.40. The molecule has 1 N–H and O–H groups in total. The maximum Gasteiger partial charge on any atom is 0.0696 e. The Balaban J connectivity index is 2.24. The monoisotopic (exact) mass is 380 g/mol. The van der Waals surface area contributed by atoms with Gasteiger partial charge in [-0.15, -0.1) is 0 Å². The molecule has 0 heterocycles. The Bertz CT molecular complexity index is 404. The van der Waals surface area contributed by atoms with Gasteiger partial charge in [0.05, 0.1) is 19.3 Å². The normalized spacial score (nSPS) is 25.0. The van der Waals surface area contributed by atoms with Crippen LogP contribution in [0.4, 0.5) is 0 Å². The van der Waals surface area contributed by atoms with Gasteiger partial charge in [-0.3, -0.25) is 0 Å². The van der Waals surface area contributed by atoms with Gasteiger partial charge in [-0.1, -0.05) is 89.0 Å². The summed E-state index contributed by atoms with van der Waals surface area (Å²) in [6.45, 7) is 7.74. The van der Waals surface area contributed by atoms with E-state index in [9.17, 15) is 5.11 Å². The second-order valence-corrected chi connectivity index (χ2v) is 8.23. The summed E-state index contributed by atoms with van der Waals surface area (Å²) in [5.41, 5.74) is 1.16. The zero-order chi connectivity index (χ0) is 19.9. The van der Waals surface area contributed by atoms with Crippen LogP contribution in [0.25, 0.3) is 0 Å². The molecule has 1 aliphatic rings. The molecule has 158 valence electrons. The number of hydrogen-bond acceptors (Lipinski definition) is 3. The molecule has 0 aliphatic heterocycles. The molecule has 1 rings (SSSR count). The molecule has 0 bridgehead atoms. The molecule has 0 amide bonds. The van der Waals surface area contributed by atoms with Crippen molar-refractivity contribution in [1.29, 1.82) is 0 Å². The molecular formula is C24H44O3. The molecule has 27 heavy (non-hydrogen) atoms. The van der Waals surface area contributed by atoms with Crippen LogP contribution in [0, 0.1) is 17.8 Å². The van der Waals surface area contributed by atoms with Gasteiger partial charge in [0.2, 0.25) is 0 Å². The fourth-order valence-electron chi connectivity index (χ4n) is 4.21. The van der Waals surface area contributed by atoms with Crippen LogP contribution in [0.5, 0.6) is 0 Å². The zero-order valence-corrected chi connectivity index (χ0v) is 18.1. The summed E-state index contributed by atoms with van der Waals surface area (Å²) < 4.78 is 10.6. The predicted octanol–water partition coefficient (Wildman–Crippen LogP) is 5.93. The summed E-state index contributed by atoms with van der Waals surface area (Å²) in [4.78, 5) is 0. The number of aliphatic hydroxyl groups is 1. The van der Waals surface area contributed by atoms with Gasteiger partial charge in [0.1, 0.15) is 0 Å². The molecule has 0 unspecified atom stereocenters. The van der Waals surface area contributed by atoms with Crippen LogP contribution >= 0.6 is 0 Å². The van der Waals surface area contributed by atoms with Crippen LogP contribution in [0.3, 0.4) is 0 Å². The molecule has 0 aromatic rings. The van der Waals surface area contributed by atoms with E-state index >= 15 is 0 Å². The van der Waals surface area contributed by atoms with E-state index in [-0.39, 0.29) is 17.8 Å². The highest BCUT2D eigenvalue weighted by Gasteiger charge is 2.35. The molecule has 4 atom stereocenters. The van der Waals surface area contributed by atoms with Crippen molar-refractivity contribution in [3.63, 3.8) is 0 Å². The maximum absolute atomic E-state index is 10.8. The minimum Gasteiger partial charge on any atom is -0.392 e. The molecule has 3 heteroatoms. The molecule has 0 aromatic carbocycles. The topological polar surface area (TPSA) is 38.7 Å². The van der Waals surface area contributed by atoms with Crippen molar-refractivity contribution in [1.82, 2.24) is 0 Å². The van der Waals surface area contributed by atoms with Crippen molar-refractivity contribution in [3.8, 4) is 0 Å². The van der Waals surface area contributed by atoms with E-state index in [0.717, 1.165) is 12.0 Å². The number of aliphatic hydroxyl groups excluding tert-OH is 1. The number of hydrogen-bond donors (Lipinski definition) is 1. The minimum absolute atomic E-state index is 0.0526. The second-order valence-electron chi connectivity index (χ2n) is 8.23. The highest BCUT2D eigenvalue weighted by molar-refractivity contribution is 5.18. The minimum atomic E-state index is -0.425. The fourth-order valence-corrected chi connectivity index (χ4v) is 4.21. The Labute approximate surface area is 168 Å². The third-order valence-corrected chi connectivity index (χ3v) is 5.96. The molecule has 0 fully saturated rings. The largest absolute Gasteiger partial charge is 0.392 e. The summed E-state index contributed by atoms with van der Waals surface area (Å²) in [7, 11) is 3.41. The van der Waals surface area contributed by atoms with Crippen molar-refractivity contribution >= 4 is 0 Å². The van der Waals surface area contributed by atoms with Gasteiger partial charge in [0, 0.05) is 32.0 Å². The Morgan fingerprint density at radius 1 is 0.852 bits per heavy atom. The first-order valence-corrected chi connectivity index (χ1v) is 11.2. The third-order valence-electron chi connectivity index (χ3n) is 5.96. The smallest absolute Gasteiger partial charge is 0.0696 e. The molecule has 3 nitrogen and oxygen atoms in total. The van der Waals surface area contributed by atoms with Crippen molar-refractivity contribution in [2.24, 2.45) is 17.8 Å². The highest BCUT2D eigenvalue weighted by Crippen LogP contribution is 2.34.